The Balaban J connectivity index is 1.64. The van der Waals surface area contributed by atoms with Crippen molar-refractivity contribution in [3.05, 3.63) is 59.6 Å². The molecule has 1 N–H and O–H groups in total. The van der Waals surface area contributed by atoms with Crippen molar-refractivity contribution in [1.29, 1.82) is 0 Å². The van der Waals surface area contributed by atoms with Crippen molar-refractivity contribution in [1.82, 2.24) is 10.2 Å². The summed E-state index contributed by atoms with van der Waals surface area (Å²) < 4.78 is 32.4. The second kappa shape index (κ2) is 7.90. The van der Waals surface area contributed by atoms with Gasteiger partial charge < -0.3 is 14.6 Å². The molecule has 1 saturated heterocycles. The van der Waals surface area contributed by atoms with Gasteiger partial charge in [0.05, 0.1) is 18.1 Å². The number of benzene rings is 1. The molecule has 1 aliphatic heterocycles. The van der Waals surface area contributed by atoms with E-state index >= 15 is 0 Å². The third-order valence-electron chi connectivity index (χ3n) is 4.10. The summed E-state index contributed by atoms with van der Waals surface area (Å²) in [4.78, 5) is 25.9. The van der Waals surface area contributed by atoms with E-state index in [2.05, 4.69) is 5.32 Å². The Kier molecular flexibility index (Phi) is 5.61. The van der Waals surface area contributed by atoms with E-state index in [0.717, 1.165) is 6.07 Å². The average molecular weight is 380 g/mol. The molecule has 8 heteroatoms. The van der Waals surface area contributed by atoms with Crippen molar-refractivity contribution in [2.45, 2.75) is 30.5 Å². The lowest BCUT2D eigenvalue weighted by molar-refractivity contribution is -0.130. The maximum Gasteiger partial charge on any atom is 0.236 e. The van der Waals surface area contributed by atoms with Gasteiger partial charge in [-0.05, 0) is 25.1 Å². The molecular weight excluding hydrogens is 362 g/mol. The van der Waals surface area contributed by atoms with Crippen LogP contribution in [0.15, 0.2) is 41.0 Å². The van der Waals surface area contributed by atoms with E-state index in [1.807, 2.05) is 0 Å². The highest BCUT2D eigenvalue weighted by Gasteiger charge is 2.39. The number of rotatable bonds is 6. The first-order valence-electron chi connectivity index (χ1n) is 8.15. The van der Waals surface area contributed by atoms with Crippen LogP contribution >= 0.6 is 11.8 Å². The summed E-state index contributed by atoms with van der Waals surface area (Å²) in [5, 5.41) is 1.78. The molecule has 0 spiro atoms. The van der Waals surface area contributed by atoms with Gasteiger partial charge in [-0.15, -0.1) is 11.8 Å². The van der Waals surface area contributed by atoms with Crippen LogP contribution in [0.25, 0.3) is 0 Å². The van der Waals surface area contributed by atoms with E-state index in [4.69, 9.17) is 4.42 Å². The highest BCUT2D eigenvalue weighted by molar-refractivity contribution is 8.01. The molecule has 26 heavy (non-hydrogen) atoms. The molecule has 2 heterocycles. The third kappa shape index (κ3) is 4.07. The number of hydrogen-bond acceptors (Lipinski definition) is 4. The van der Waals surface area contributed by atoms with Gasteiger partial charge in [-0.3, -0.25) is 9.59 Å². The minimum Gasteiger partial charge on any atom is -0.467 e. The van der Waals surface area contributed by atoms with Gasteiger partial charge in [0.25, 0.3) is 0 Å². The number of nitrogens with zero attached hydrogens (tertiary/aromatic N) is 1. The summed E-state index contributed by atoms with van der Waals surface area (Å²) in [6.07, 6.45) is 1.60. The van der Waals surface area contributed by atoms with Crippen LogP contribution in [0.4, 0.5) is 8.78 Å². The van der Waals surface area contributed by atoms with Gasteiger partial charge in [0.1, 0.15) is 22.8 Å². The lowest BCUT2D eigenvalue weighted by Crippen LogP contribution is -2.34. The van der Waals surface area contributed by atoms with Gasteiger partial charge in [-0.1, -0.05) is 6.07 Å². The van der Waals surface area contributed by atoms with E-state index in [-0.39, 0.29) is 42.1 Å². The van der Waals surface area contributed by atoms with E-state index in [1.54, 1.807) is 19.1 Å². The number of thioether (sulfide) groups is 1. The Hall–Kier alpha value is -2.35. The summed E-state index contributed by atoms with van der Waals surface area (Å²) >= 11 is 1.29. The molecule has 5 nitrogen and oxygen atoms in total. The van der Waals surface area contributed by atoms with Gasteiger partial charge in [-0.2, -0.15) is 0 Å². The molecule has 1 aromatic carbocycles. The third-order valence-corrected chi connectivity index (χ3v) is 5.47. The SMILES string of the molecule is C[C@@H]1S[C@@H](c2ccc(F)cc2F)N(CCC(=O)NCc2ccco2)C1=O. The molecule has 0 radical (unpaired) electrons. The monoisotopic (exact) mass is 380 g/mol. The van der Waals surface area contributed by atoms with Gasteiger partial charge in [0, 0.05) is 24.6 Å². The Morgan fingerprint density at radius 3 is 2.85 bits per heavy atom. The van der Waals surface area contributed by atoms with Gasteiger partial charge in [0.15, 0.2) is 0 Å². The van der Waals surface area contributed by atoms with Crippen LogP contribution in [-0.4, -0.2) is 28.5 Å². The minimum absolute atomic E-state index is 0.0824. The minimum atomic E-state index is -0.698. The molecule has 0 aliphatic carbocycles. The number of carbonyl (C=O) groups is 2. The second-order valence-electron chi connectivity index (χ2n) is 5.93. The summed E-state index contributed by atoms with van der Waals surface area (Å²) in [6, 6.07) is 6.79. The molecular formula is C18H18F2N2O3S. The second-order valence-corrected chi connectivity index (χ2v) is 7.36. The van der Waals surface area contributed by atoms with E-state index in [1.165, 1.54) is 35.1 Å². The summed E-state index contributed by atoms with van der Waals surface area (Å²) in [7, 11) is 0. The van der Waals surface area contributed by atoms with E-state index in [0.29, 0.717) is 5.76 Å². The number of amides is 2. The number of nitrogens with one attached hydrogen (secondary N) is 1. The fourth-order valence-corrected chi connectivity index (χ4v) is 4.09. The predicted molar refractivity (Wildman–Crippen MR) is 93.0 cm³/mol. The zero-order valence-electron chi connectivity index (χ0n) is 14.1. The summed E-state index contributed by atoms with van der Waals surface area (Å²) in [5.74, 6) is -1.14. The number of furan rings is 1. The Morgan fingerprint density at radius 1 is 1.35 bits per heavy atom. The Bertz CT molecular complexity index is 798. The molecule has 2 atom stereocenters. The van der Waals surface area contributed by atoms with Crippen LogP contribution in [0, 0.1) is 11.6 Å². The summed E-state index contributed by atoms with van der Waals surface area (Å²) in [5.41, 5.74) is 0.241. The number of hydrogen-bond donors (Lipinski definition) is 1. The molecule has 1 aliphatic rings. The molecule has 1 fully saturated rings. The van der Waals surface area contributed by atoms with Crippen molar-refractivity contribution in [2.24, 2.45) is 0 Å². The number of halogens is 2. The van der Waals surface area contributed by atoms with E-state index in [9.17, 15) is 18.4 Å². The Labute approximate surface area is 153 Å². The van der Waals surface area contributed by atoms with Crippen LogP contribution in [0.2, 0.25) is 0 Å². The topological polar surface area (TPSA) is 62.6 Å². The van der Waals surface area contributed by atoms with Crippen molar-refractivity contribution >= 4 is 23.6 Å². The maximum atomic E-state index is 14.1. The zero-order valence-corrected chi connectivity index (χ0v) is 14.9. The first-order chi connectivity index (χ1) is 12.5. The molecule has 0 unspecified atom stereocenters. The number of carbonyl (C=O) groups excluding carboxylic acids is 2. The van der Waals surface area contributed by atoms with Crippen LogP contribution < -0.4 is 5.32 Å². The smallest absolute Gasteiger partial charge is 0.236 e. The van der Waals surface area contributed by atoms with Crippen molar-refractivity contribution in [3.8, 4) is 0 Å². The van der Waals surface area contributed by atoms with Crippen molar-refractivity contribution in [3.63, 3.8) is 0 Å². The molecule has 2 amide bonds. The molecule has 1 aromatic heterocycles. The first-order valence-corrected chi connectivity index (χ1v) is 9.10. The average Bonchev–Trinajstić information content (AvgIpc) is 3.21. The van der Waals surface area contributed by atoms with Gasteiger partial charge >= 0.3 is 0 Å². The van der Waals surface area contributed by atoms with Crippen LogP contribution in [0.5, 0.6) is 0 Å². The van der Waals surface area contributed by atoms with Gasteiger partial charge in [-0.25, -0.2) is 8.78 Å². The summed E-state index contributed by atoms with van der Waals surface area (Å²) in [6.45, 7) is 2.15. The zero-order chi connectivity index (χ0) is 18.7. The van der Waals surface area contributed by atoms with Crippen molar-refractivity contribution in [2.75, 3.05) is 6.54 Å². The standard InChI is InChI=1S/C18H18F2N2O3S/c1-11-17(24)22(7-6-16(23)21-10-13-3-2-8-25-13)18(26-11)14-5-4-12(19)9-15(14)20/h2-5,8-9,11,18H,6-7,10H2,1H3,(H,21,23)/t11-,18-/m0/s1. The van der Waals surface area contributed by atoms with Crippen LogP contribution in [0.1, 0.15) is 30.0 Å². The maximum absolute atomic E-state index is 14.1. The van der Waals surface area contributed by atoms with Crippen LogP contribution in [-0.2, 0) is 16.1 Å². The molecule has 0 saturated carbocycles. The van der Waals surface area contributed by atoms with E-state index < -0.39 is 17.0 Å². The fraction of sp³-hybridized carbons (Fsp3) is 0.333. The van der Waals surface area contributed by atoms with Crippen molar-refractivity contribution < 1.29 is 22.8 Å². The lowest BCUT2D eigenvalue weighted by Gasteiger charge is -2.24. The predicted octanol–water partition coefficient (Wildman–Crippen LogP) is 3.23. The van der Waals surface area contributed by atoms with Gasteiger partial charge in [0.2, 0.25) is 11.8 Å². The first kappa shape index (κ1) is 18.4. The highest BCUT2D eigenvalue weighted by Crippen LogP contribution is 2.43. The normalized spacial score (nSPS) is 19.8. The highest BCUT2D eigenvalue weighted by atomic mass is 32.2. The quantitative estimate of drug-likeness (QED) is 0.836. The largest absolute Gasteiger partial charge is 0.467 e. The fourth-order valence-electron chi connectivity index (χ4n) is 2.75. The molecule has 138 valence electrons. The molecule has 0 bridgehead atoms. The molecule has 3 rings (SSSR count). The lowest BCUT2D eigenvalue weighted by atomic mass is 10.1. The molecule has 2 aromatic rings. The Morgan fingerprint density at radius 2 is 2.15 bits per heavy atom. The van der Waals surface area contributed by atoms with Crippen LogP contribution in [0.3, 0.4) is 0 Å².